The van der Waals surface area contributed by atoms with Crippen LogP contribution in [-0.4, -0.2) is 71.6 Å². The van der Waals surface area contributed by atoms with Crippen molar-refractivity contribution >= 4 is 40.0 Å². The molecule has 1 aromatic carbocycles. The standard InChI is InChI=1S/C34H42N4O6S/c1-5-43-33(41)34-19-21(34)10-8-6-7-9-14-38(3)32(40)25-17-22(16-24(25)30(39)37-34)44-28-18-26(31-35-13-15-45-31)36-29-20(2)27(42-4)12-11-23(28)29/h11-13,15,18,21-22,24-25H,5-10,14,16-17,19H2,1-4H3,(H,37,39)/t21-,22-,24-,25-,34-/m1/s1. The van der Waals surface area contributed by atoms with E-state index in [2.05, 4.69) is 10.3 Å². The van der Waals surface area contributed by atoms with Crippen LogP contribution >= 0.6 is 11.3 Å². The van der Waals surface area contributed by atoms with Gasteiger partial charge in [-0.3, -0.25) is 9.59 Å². The third kappa shape index (κ3) is 6.11. The Balaban J connectivity index is 1.32. The van der Waals surface area contributed by atoms with Crippen molar-refractivity contribution < 1.29 is 28.6 Å². The Kier molecular flexibility index (Phi) is 8.99. The molecule has 2 aromatic heterocycles. The average Bonchev–Trinajstić information content (AvgIpc) is 3.35. The van der Waals surface area contributed by atoms with E-state index in [1.165, 1.54) is 11.3 Å². The summed E-state index contributed by atoms with van der Waals surface area (Å²) in [4.78, 5) is 52.2. The molecule has 2 amide bonds. The van der Waals surface area contributed by atoms with Gasteiger partial charge in [0.15, 0.2) is 0 Å². The summed E-state index contributed by atoms with van der Waals surface area (Å²) in [5, 5.41) is 6.60. The largest absolute Gasteiger partial charge is 0.496 e. The molecule has 3 fully saturated rings. The number of esters is 1. The Morgan fingerprint density at radius 1 is 1.13 bits per heavy atom. The lowest BCUT2D eigenvalue weighted by molar-refractivity contribution is -0.150. The minimum absolute atomic E-state index is 0.0560. The number of nitrogens with zero attached hydrogens (tertiary/aromatic N) is 3. The number of thiazole rings is 1. The summed E-state index contributed by atoms with van der Waals surface area (Å²) in [6.07, 6.45) is 7.47. The highest BCUT2D eigenvalue weighted by Gasteiger charge is 2.62. The predicted molar refractivity (Wildman–Crippen MR) is 171 cm³/mol. The first kappa shape index (κ1) is 31.3. The molecule has 1 N–H and O–H groups in total. The van der Waals surface area contributed by atoms with Gasteiger partial charge in [0.05, 0.1) is 31.1 Å². The van der Waals surface area contributed by atoms with Crippen molar-refractivity contribution in [2.24, 2.45) is 17.8 Å². The number of carbonyl (C=O) groups is 3. The van der Waals surface area contributed by atoms with Crippen LogP contribution in [0.25, 0.3) is 21.6 Å². The normalized spacial score (nSPS) is 27.2. The van der Waals surface area contributed by atoms with Crippen LogP contribution in [0, 0.1) is 24.7 Å². The number of benzene rings is 1. The fourth-order valence-corrected chi connectivity index (χ4v) is 7.78. The summed E-state index contributed by atoms with van der Waals surface area (Å²) in [5.74, 6) is -0.490. The third-order valence-corrected chi connectivity index (χ3v) is 10.5. The van der Waals surface area contributed by atoms with Crippen LogP contribution < -0.4 is 14.8 Å². The number of hydrogen-bond acceptors (Lipinski definition) is 9. The van der Waals surface area contributed by atoms with E-state index in [-0.39, 0.29) is 30.3 Å². The smallest absolute Gasteiger partial charge is 0.332 e. The first-order valence-corrected chi connectivity index (χ1v) is 16.9. The third-order valence-electron chi connectivity index (χ3n) is 9.75. The molecular formula is C34H42N4O6S. The van der Waals surface area contributed by atoms with Crippen LogP contribution in [0.1, 0.15) is 63.9 Å². The average molecular weight is 635 g/mol. The number of aromatic nitrogens is 2. The van der Waals surface area contributed by atoms with Crippen LogP contribution in [0.15, 0.2) is 29.8 Å². The number of rotatable bonds is 6. The second-order valence-corrected chi connectivity index (χ2v) is 13.5. The molecule has 6 rings (SSSR count). The zero-order chi connectivity index (χ0) is 31.7. The van der Waals surface area contributed by atoms with Crippen molar-refractivity contribution in [3.05, 3.63) is 35.3 Å². The molecular weight excluding hydrogens is 592 g/mol. The topological polar surface area (TPSA) is 120 Å². The molecule has 1 aliphatic heterocycles. The van der Waals surface area contributed by atoms with Gasteiger partial charge in [-0.15, -0.1) is 11.3 Å². The van der Waals surface area contributed by atoms with Crippen molar-refractivity contribution in [2.75, 3.05) is 27.3 Å². The minimum atomic E-state index is -1.00. The van der Waals surface area contributed by atoms with Gasteiger partial charge in [0.1, 0.15) is 33.8 Å². The molecule has 1 saturated heterocycles. The molecule has 240 valence electrons. The fraction of sp³-hybridized carbons (Fsp3) is 0.559. The molecule has 45 heavy (non-hydrogen) atoms. The molecule has 11 heteroatoms. The van der Waals surface area contributed by atoms with Crippen LogP contribution in [-0.2, 0) is 19.1 Å². The highest BCUT2D eigenvalue weighted by Crippen LogP contribution is 2.49. The Bertz CT molecular complexity index is 1580. The molecule has 2 saturated carbocycles. The number of amides is 2. The number of hydrogen-bond donors (Lipinski definition) is 1. The van der Waals surface area contributed by atoms with E-state index in [4.69, 9.17) is 19.2 Å². The van der Waals surface area contributed by atoms with E-state index in [1.807, 2.05) is 37.6 Å². The SMILES string of the molecule is CCOC(=O)[C@@]12C[C@H]1CCCCCCN(C)C(=O)[C@@H]1C[C@H](Oc3cc(-c4nccs4)nc4c(C)c(OC)ccc34)C[C@H]1C(=O)N2. The van der Waals surface area contributed by atoms with Crippen molar-refractivity contribution in [2.45, 2.75) is 76.9 Å². The highest BCUT2D eigenvalue weighted by atomic mass is 32.1. The molecule has 3 heterocycles. The molecule has 2 aliphatic carbocycles. The lowest BCUT2D eigenvalue weighted by atomic mass is 9.92. The van der Waals surface area contributed by atoms with Crippen molar-refractivity contribution in [3.8, 4) is 22.2 Å². The van der Waals surface area contributed by atoms with E-state index in [9.17, 15) is 14.4 Å². The van der Waals surface area contributed by atoms with Crippen LogP contribution in [0.4, 0.5) is 0 Å². The summed E-state index contributed by atoms with van der Waals surface area (Å²) < 4.78 is 17.7. The number of pyridine rings is 1. The van der Waals surface area contributed by atoms with Gasteiger partial charge in [0.25, 0.3) is 0 Å². The Hall–Kier alpha value is -3.73. The van der Waals surface area contributed by atoms with Crippen LogP contribution in [0.5, 0.6) is 11.5 Å². The molecule has 0 unspecified atom stereocenters. The molecule has 10 nitrogen and oxygen atoms in total. The van der Waals surface area contributed by atoms with Crippen LogP contribution in [0.3, 0.4) is 0 Å². The predicted octanol–water partition coefficient (Wildman–Crippen LogP) is 5.31. The summed E-state index contributed by atoms with van der Waals surface area (Å²) in [7, 11) is 3.45. The zero-order valence-electron chi connectivity index (χ0n) is 26.5. The molecule has 5 atom stereocenters. The number of ether oxygens (including phenoxy) is 3. The molecule has 0 radical (unpaired) electrons. The van der Waals surface area contributed by atoms with E-state index in [0.717, 1.165) is 59.3 Å². The number of nitrogens with one attached hydrogen (secondary N) is 1. The van der Waals surface area contributed by atoms with Gasteiger partial charge in [-0.05, 0) is 64.0 Å². The van der Waals surface area contributed by atoms with E-state index in [1.54, 1.807) is 25.1 Å². The van der Waals surface area contributed by atoms with Crippen molar-refractivity contribution in [1.29, 1.82) is 0 Å². The molecule has 0 bridgehead atoms. The number of carbonyl (C=O) groups excluding carboxylic acids is 3. The first-order chi connectivity index (χ1) is 21.8. The summed E-state index contributed by atoms with van der Waals surface area (Å²) >= 11 is 1.49. The lowest BCUT2D eigenvalue weighted by Crippen LogP contribution is -2.50. The monoisotopic (exact) mass is 634 g/mol. The van der Waals surface area contributed by atoms with Crippen LogP contribution in [0.2, 0.25) is 0 Å². The van der Waals surface area contributed by atoms with Gasteiger partial charge in [-0.25, -0.2) is 14.8 Å². The van der Waals surface area contributed by atoms with Gasteiger partial charge in [0, 0.05) is 42.2 Å². The van der Waals surface area contributed by atoms with Crippen molar-refractivity contribution in [1.82, 2.24) is 20.2 Å². The molecule has 3 aliphatic rings. The highest BCUT2D eigenvalue weighted by molar-refractivity contribution is 7.13. The molecule has 0 spiro atoms. The maximum atomic E-state index is 14.0. The number of methoxy groups -OCH3 is 1. The second kappa shape index (κ2) is 12.9. The van der Waals surface area contributed by atoms with E-state index < -0.39 is 23.5 Å². The Labute approximate surface area is 267 Å². The first-order valence-electron chi connectivity index (χ1n) is 16.0. The summed E-state index contributed by atoms with van der Waals surface area (Å²) in [6, 6.07) is 5.72. The Morgan fingerprint density at radius 2 is 1.93 bits per heavy atom. The maximum Gasteiger partial charge on any atom is 0.332 e. The van der Waals surface area contributed by atoms with Crippen molar-refractivity contribution in [3.63, 3.8) is 0 Å². The Morgan fingerprint density at radius 3 is 2.69 bits per heavy atom. The van der Waals surface area contributed by atoms with Gasteiger partial charge in [-0.1, -0.05) is 19.3 Å². The van der Waals surface area contributed by atoms with Gasteiger partial charge < -0.3 is 24.4 Å². The van der Waals surface area contributed by atoms with E-state index in [0.29, 0.717) is 37.3 Å². The minimum Gasteiger partial charge on any atom is -0.496 e. The number of fused-ring (bicyclic) bond motifs is 3. The lowest BCUT2D eigenvalue weighted by Gasteiger charge is -2.26. The van der Waals surface area contributed by atoms with Gasteiger partial charge in [0.2, 0.25) is 11.8 Å². The molecule has 3 aromatic rings. The maximum absolute atomic E-state index is 14.0. The summed E-state index contributed by atoms with van der Waals surface area (Å²) in [6.45, 7) is 4.65. The van der Waals surface area contributed by atoms with E-state index >= 15 is 0 Å². The fourth-order valence-electron chi connectivity index (χ4n) is 7.18. The quantitative estimate of drug-likeness (QED) is 0.363. The summed E-state index contributed by atoms with van der Waals surface area (Å²) in [5.41, 5.74) is 1.32. The zero-order valence-corrected chi connectivity index (χ0v) is 27.3. The second-order valence-electron chi connectivity index (χ2n) is 12.6. The van der Waals surface area contributed by atoms with Gasteiger partial charge >= 0.3 is 5.97 Å². The van der Waals surface area contributed by atoms with Gasteiger partial charge in [-0.2, -0.15) is 0 Å². The number of aryl methyl sites for hydroxylation is 1.